The van der Waals surface area contributed by atoms with E-state index in [0.29, 0.717) is 24.8 Å². The summed E-state index contributed by atoms with van der Waals surface area (Å²) < 4.78 is 5.85. The first kappa shape index (κ1) is 20.2. The number of hydrogen-bond donors (Lipinski definition) is 2. The predicted molar refractivity (Wildman–Crippen MR) is 112 cm³/mol. The van der Waals surface area contributed by atoms with Crippen LogP contribution in [0.4, 0.5) is 5.95 Å². The van der Waals surface area contributed by atoms with E-state index in [9.17, 15) is 4.79 Å². The monoisotopic (exact) mass is 399 g/mol. The van der Waals surface area contributed by atoms with Gasteiger partial charge < -0.3 is 15.4 Å². The fraction of sp³-hybridized carbons (Fsp3) is 0.400. The van der Waals surface area contributed by atoms with Gasteiger partial charge in [-0.3, -0.25) is 9.78 Å². The van der Waals surface area contributed by atoms with Crippen LogP contribution in [0.3, 0.4) is 0 Å². The molecule has 7 nitrogen and oxygen atoms in total. The lowest BCUT2D eigenvalue weighted by Gasteiger charge is -2.14. The number of hydrogen-bond acceptors (Lipinski definition) is 7. The van der Waals surface area contributed by atoms with Crippen LogP contribution in [0.2, 0.25) is 0 Å². The molecule has 1 amide bonds. The molecule has 0 spiro atoms. The summed E-state index contributed by atoms with van der Waals surface area (Å²) in [6.45, 7) is 5.30. The van der Waals surface area contributed by atoms with Gasteiger partial charge in [-0.1, -0.05) is 6.07 Å². The van der Waals surface area contributed by atoms with Gasteiger partial charge in [0.15, 0.2) is 5.69 Å². The molecule has 3 rings (SSSR count). The number of carbonyl (C=O) groups is 1. The van der Waals surface area contributed by atoms with Crippen molar-refractivity contribution in [1.82, 2.24) is 20.3 Å². The highest BCUT2D eigenvalue weighted by molar-refractivity contribution is 7.19. The number of rotatable bonds is 9. The van der Waals surface area contributed by atoms with Crippen molar-refractivity contribution in [1.29, 1.82) is 0 Å². The number of aryl methyl sites for hydroxylation is 1. The molecule has 8 heteroatoms. The van der Waals surface area contributed by atoms with Crippen LogP contribution in [0.1, 0.15) is 46.7 Å². The van der Waals surface area contributed by atoms with Crippen molar-refractivity contribution in [3.8, 4) is 0 Å². The predicted octanol–water partition coefficient (Wildman–Crippen LogP) is 3.72. The van der Waals surface area contributed by atoms with Crippen molar-refractivity contribution in [3.63, 3.8) is 0 Å². The third kappa shape index (κ3) is 5.02. The van der Waals surface area contributed by atoms with Crippen LogP contribution < -0.4 is 10.6 Å². The van der Waals surface area contributed by atoms with E-state index >= 15 is 0 Å². The molecule has 0 fully saturated rings. The lowest BCUT2D eigenvalue weighted by atomic mass is 10.1. The molecule has 148 valence electrons. The number of methoxy groups -OCH3 is 1. The second-order valence-corrected chi connectivity index (χ2v) is 7.83. The number of pyridine rings is 1. The van der Waals surface area contributed by atoms with Gasteiger partial charge in [-0.25, -0.2) is 9.97 Å². The minimum absolute atomic E-state index is 0.0316. The Hall–Kier alpha value is -2.58. The van der Waals surface area contributed by atoms with Crippen molar-refractivity contribution in [2.45, 2.75) is 32.7 Å². The molecule has 0 aliphatic carbocycles. The number of thiophene rings is 1. The van der Waals surface area contributed by atoms with Crippen LogP contribution in [0.5, 0.6) is 0 Å². The van der Waals surface area contributed by atoms with Gasteiger partial charge in [-0.2, -0.15) is 0 Å². The molecular formula is C20H25N5O2S. The summed E-state index contributed by atoms with van der Waals surface area (Å²) in [6.07, 6.45) is 5.31. The fourth-order valence-electron chi connectivity index (χ4n) is 2.83. The molecule has 0 aromatic carbocycles. The number of nitrogens with one attached hydrogen (secondary N) is 2. The summed E-state index contributed by atoms with van der Waals surface area (Å²) in [6, 6.07) is 5.83. The number of amides is 1. The quantitative estimate of drug-likeness (QED) is 0.533. The van der Waals surface area contributed by atoms with Crippen LogP contribution in [0.25, 0.3) is 10.2 Å². The largest absolute Gasteiger partial charge is 0.385 e. The maximum atomic E-state index is 12.7. The Bertz CT molecular complexity index is 929. The average molecular weight is 400 g/mol. The zero-order valence-electron chi connectivity index (χ0n) is 16.4. The molecule has 28 heavy (non-hydrogen) atoms. The van der Waals surface area contributed by atoms with Crippen molar-refractivity contribution in [2.75, 3.05) is 25.6 Å². The highest BCUT2D eigenvalue weighted by Gasteiger charge is 2.18. The number of ether oxygens (including phenoxy) is 1. The molecule has 3 aromatic rings. The molecule has 0 radical (unpaired) electrons. The standard InChI is InChI=1S/C20H25N5O2S/c1-13-11-16-18(28-13)17(19(26)22-9-4-5-10-27-3)25-20(24-16)23-14(2)15-7-6-8-21-12-15/h6-8,11-12,14H,4-5,9-10H2,1-3H3,(H,22,26)(H,23,24,25). The molecule has 0 saturated heterocycles. The number of anilines is 1. The number of unbranched alkanes of at least 4 members (excludes halogenated alkanes) is 1. The van der Waals surface area contributed by atoms with Crippen LogP contribution in [-0.4, -0.2) is 41.1 Å². The first-order chi connectivity index (χ1) is 13.6. The SMILES string of the molecule is COCCCCNC(=O)c1nc(NC(C)c2cccnc2)nc2cc(C)sc12. The van der Waals surface area contributed by atoms with E-state index in [4.69, 9.17) is 4.74 Å². The lowest BCUT2D eigenvalue weighted by Crippen LogP contribution is -2.26. The van der Waals surface area contributed by atoms with Crippen molar-refractivity contribution < 1.29 is 9.53 Å². The minimum atomic E-state index is -0.177. The van der Waals surface area contributed by atoms with E-state index in [2.05, 4.69) is 25.6 Å². The van der Waals surface area contributed by atoms with E-state index in [0.717, 1.165) is 33.5 Å². The van der Waals surface area contributed by atoms with Crippen LogP contribution in [0.15, 0.2) is 30.6 Å². The molecule has 0 bridgehead atoms. The topological polar surface area (TPSA) is 89.0 Å². The van der Waals surface area contributed by atoms with Crippen molar-refractivity contribution in [2.24, 2.45) is 0 Å². The number of fused-ring (bicyclic) bond motifs is 1. The van der Waals surface area contributed by atoms with Gasteiger partial charge >= 0.3 is 0 Å². The molecule has 3 heterocycles. The third-order valence-electron chi connectivity index (χ3n) is 4.30. The number of aromatic nitrogens is 3. The second kappa shape index (κ2) is 9.57. The molecule has 2 N–H and O–H groups in total. The first-order valence-corrected chi connectivity index (χ1v) is 10.1. The van der Waals surface area contributed by atoms with Gasteiger partial charge in [0.1, 0.15) is 0 Å². The number of nitrogens with zero attached hydrogens (tertiary/aromatic N) is 3. The van der Waals surface area contributed by atoms with Crippen LogP contribution in [0, 0.1) is 6.92 Å². The normalized spacial score (nSPS) is 12.1. The van der Waals surface area contributed by atoms with E-state index in [1.807, 2.05) is 32.0 Å². The summed E-state index contributed by atoms with van der Waals surface area (Å²) in [4.78, 5) is 27.1. The van der Waals surface area contributed by atoms with E-state index in [1.165, 1.54) is 11.3 Å². The summed E-state index contributed by atoms with van der Waals surface area (Å²) in [7, 11) is 1.68. The van der Waals surface area contributed by atoms with Crippen molar-refractivity contribution in [3.05, 3.63) is 46.7 Å². The second-order valence-electron chi connectivity index (χ2n) is 6.58. The lowest BCUT2D eigenvalue weighted by molar-refractivity contribution is 0.0948. The summed E-state index contributed by atoms with van der Waals surface area (Å²) in [5.74, 6) is 0.259. The molecule has 3 aromatic heterocycles. The maximum absolute atomic E-state index is 12.7. The van der Waals surface area contributed by atoms with E-state index in [-0.39, 0.29) is 11.9 Å². The van der Waals surface area contributed by atoms with Gasteiger partial charge in [0.2, 0.25) is 5.95 Å². The summed E-state index contributed by atoms with van der Waals surface area (Å²) in [5, 5.41) is 6.24. The summed E-state index contributed by atoms with van der Waals surface area (Å²) >= 11 is 1.53. The van der Waals surface area contributed by atoms with Gasteiger partial charge in [-0.15, -0.1) is 11.3 Å². The molecule has 0 aliphatic rings. The molecule has 0 saturated carbocycles. The Morgan fingerprint density at radius 2 is 2.18 bits per heavy atom. The molecule has 1 atom stereocenters. The van der Waals surface area contributed by atoms with Gasteiger partial charge in [0, 0.05) is 37.5 Å². The minimum Gasteiger partial charge on any atom is -0.385 e. The molecular weight excluding hydrogens is 374 g/mol. The van der Waals surface area contributed by atoms with Crippen molar-refractivity contribution >= 4 is 33.4 Å². The highest BCUT2D eigenvalue weighted by atomic mass is 32.1. The maximum Gasteiger partial charge on any atom is 0.271 e. The zero-order chi connectivity index (χ0) is 19.9. The smallest absolute Gasteiger partial charge is 0.271 e. The van der Waals surface area contributed by atoms with Gasteiger partial charge in [0.05, 0.1) is 16.3 Å². The molecule has 0 aliphatic heterocycles. The van der Waals surface area contributed by atoms with Crippen LogP contribution >= 0.6 is 11.3 Å². The van der Waals surface area contributed by atoms with Crippen LogP contribution in [-0.2, 0) is 4.74 Å². The number of carbonyl (C=O) groups excluding carboxylic acids is 1. The Balaban J connectivity index is 1.80. The first-order valence-electron chi connectivity index (χ1n) is 9.30. The average Bonchev–Trinajstić information content (AvgIpc) is 3.07. The van der Waals surface area contributed by atoms with Gasteiger partial charge in [-0.05, 0) is 44.4 Å². The Morgan fingerprint density at radius 3 is 2.93 bits per heavy atom. The Morgan fingerprint density at radius 1 is 1.32 bits per heavy atom. The highest BCUT2D eigenvalue weighted by Crippen LogP contribution is 2.28. The third-order valence-corrected chi connectivity index (χ3v) is 5.35. The fourth-order valence-corrected chi connectivity index (χ4v) is 3.77. The Labute approximate surface area is 168 Å². The summed E-state index contributed by atoms with van der Waals surface area (Å²) in [5.41, 5.74) is 2.22. The van der Waals surface area contributed by atoms with E-state index in [1.54, 1.807) is 19.5 Å². The van der Waals surface area contributed by atoms with Gasteiger partial charge in [0.25, 0.3) is 5.91 Å². The zero-order valence-corrected chi connectivity index (χ0v) is 17.2. The molecule has 1 unspecified atom stereocenters. The Kier molecular flexibility index (Phi) is 6.89. The van der Waals surface area contributed by atoms with E-state index < -0.39 is 0 Å².